The molecule has 0 aromatic heterocycles. The number of rotatable bonds is 10. The summed E-state index contributed by atoms with van der Waals surface area (Å²) in [4.78, 5) is 14.6. The molecule has 40 heavy (non-hydrogen) atoms. The SMILES string of the molecule is CC(C)(C)OC(=O)N1CCC(c2ccc(OCCCOS(C)(=O)=O)cc2)C(OCc2ccc3ccccc3c2)C1. The van der Waals surface area contributed by atoms with E-state index in [2.05, 4.69) is 30.3 Å². The summed E-state index contributed by atoms with van der Waals surface area (Å²) >= 11 is 0. The zero-order valence-corrected chi connectivity index (χ0v) is 24.5. The smallest absolute Gasteiger partial charge is 0.410 e. The molecule has 1 heterocycles. The average Bonchev–Trinajstić information content (AvgIpc) is 2.90. The van der Waals surface area contributed by atoms with Gasteiger partial charge in [0.05, 0.1) is 38.7 Å². The minimum absolute atomic E-state index is 0.0867. The molecule has 1 fully saturated rings. The highest BCUT2D eigenvalue weighted by molar-refractivity contribution is 7.85. The molecule has 1 aliphatic heterocycles. The summed E-state index contributed by atoms with van der Waals surface area (Å²) in [6.07, 6.45) is 1.69. The highest BCUT2D eigenvalue weighted by Crippen LogP contribution is 2.33. The van der Waals surface area contributed by atoms with Gasteiger partial charge < -0.3 is 19.1 Å². The second kappa shape index (κ2) is 13.0. The molecule has 0 N–H and O–H groups in total. The van der Waals surface area contributed by atoms with E-state index in [1.807, 2.05) is 57.2 Å². The fourth-order valence-corrected chi connectivity index (χ4v) is 5.18. The number of likely N-dealkylation sites (tertiary alicyclic amines) is 1. The largest absolute Gasteiger partial charge is 0.494 e. The maximum absolute atomic E-state index is 12.9. The number of hydrogen-bond acceptors (Lipinski definition) is 7. The van der Waals surface area contributed by atoms with Gasteiger partial charge in [-0.3, -0.25) is 4.18 Å². The number of carbonyl (C=O) groups is 1. The number of piperidine rings is 1. The van der Waals surface area contributed by atoms with Crippen LogP contribution < -0.4 is 4.74 Å². The van der Waals surface area contributed by atoms with Gasteiger partial charge >= 0.3 is 6.09 Å². The van der Waals surface area contributed by atoms with Crippen molar-refractivity contribution in [1.29, 1.82) is 0 Å². The van der Waals surface area contributed by atoms with E-state index in [9.17, 15) is 13.2 Å². The van der Waals surface area contributed by atoms with Crippen LogP contribution in [0, 0.1) is 0 Å². The van der Waals surface area contributed by atoms with Crippen molar-refractivity contribution >= 4 is 27.0 Å². The fourth-order valence-electron chi connectivity index (χ4n) is 4.76. The highest BCUT2D eigenvalue weighted by atomic mass is 32.2. The van der Waals surface area contributed by atoms with Crippen LogP contribution >= 0.6 is 0 Å². The molecule has 3 aromatic rings. The third-order valence-corrected chi connectivity index (χ3v) is 7.25. The van der Waals surface area contributed by atoms with Crippen molar-refractivity contribution in [2.75, 3.05) is 32.6 Å². The molecule has 0 spiro atoms. The summed E-state index contributed by atoms with van der Waals surface area (Å²) < 4.78 is 44.8. The molecule has 2 atom stereocenters. The van der Waals surface area contributed by atoms with Gasteiger partial charge in [-0.1, -0.05) is 48.5 Å². The maximum atomic E-state index is 12.9. The summed E-state index contributed by atoms with van der Waals surface area (Å²) in [5.74, 6) is 0.791. The molecule has 1 aliphatic rings. The Labute approximate surface area is 237 Å². The molecule has 0 bridgehead atoms. The first-order chi connectivity index (χ1) is 19.0. The van der Waals surface area contributed by atoms with E-state index in [4.69, 9.17) is 18.4 Å². The summed E-state index contributed by atoms with van der Waals surface area (Å²) in [5, 5.41) is 2.35. The molecule has 1 amide bonds. The molecular weight excluding hydrogens is 530 g/mol. The number of carbonyl (C=O) groups excluding carboxylic acids is 1. The van der Waals surface area contributed by atoms with Crippen LogP contribution in [0.4, 0.5) is 4.79 Å². The second-order valence-electron chi connectivity index (χ2n) is 11.1. The van der Waals surface area contributed by atoms with Crippen LogP contribution in [0.5, 0.6) is 5.75 Å². The number of benzene rings is 3. The van der Waals surface area contributed by atoms with Crippen molar-refractivity contribution in [2.45, 2.75) is 57.8 Å². The highest BCUT2D eigenvalue weighted by Gasteiger charge is 2.35. The number of ether oxygens (including phenoxy) is 3. The molecule has 0 aliphatic carbocycles. The Morgan fingerprint density at radius 2 is 1.70 bits per heavy atom. The van der Waals surface area contributed by atoms with Crippen LogP contribution in [0.2, 0.25) is 0 Å². The Hall–Kier alpha value is -3.14. The van der Waals surface area contributed by atoms with Gasteiger partial charge in [0.25, 0.3) is 10.1 Å². The molecule has 4 rings (SSSR count). The van der Waals surface area contributed by atoms with E-state index < -0.39 is 15.7 Å². The van der Waals surface area contributed by atoms with Gasteiger partial charge in [0, 0.05) is 18.9 Å². The Bertz CT molecular complexity index is 1380. The molecule has 0 radical (unpaired) electrons. The van der Waals surface area contributed by atoms with E-state index in [1.54, 1.807) is 4.90 Å². The normalized spacial score (nSPS) is 18.1. The van der Waals surface area contributed by atoms with Gasteiger partial charge in [-0.25, -0.2) is 4.79 Å². The van der Waals surface area contributed by atoms with Gasteiger partial charge in [0.1, 0.15) is 11.4 Å². The quantitative estimate of drug-likeness (QED) is 0.222. The molecule has 216 valence electrons. The van der Waals surface area contributed by atoms with Crippen molar-refractivity contribution < 1.29 is 31.6 Å². The van der Waals surface area contributed by atoms with Crippen LogP contribution in [0.1, 0.15) is 50.7 Å². The monoisotopic (exact) mass is 569 g/mol. The molecule has 0 saturated carbocycles. The topological polar surface area (TPSA) is 91.4 Å². The Morgan fingerprint density at radius 3 is 2.40 bits per heavy atom. The molecule has 2 unspecified atom stereocenters. The van der Waals surface area contributed by atoms with Crippen molar-refractivity contribution in [1.82, 2.24) is 4.90 Å². The predicted octanol–water partition coefficient (Wildman–Crippen LogP) is 5.89. The maximum Gasteiger partial charge on any atom is 0.410 e. The van der Waals surface area contributed by atoms with Crippen molar-refractivity contribution in [3.63, 3.8) is 0 Å². The lowest BCUT2D eigenvalue weighted by Gasteiger charge is -2.39. The molecule has 1 saturated heterocycles. The van der Waals surface area contributed by atoms with Gasteiger partial charge in [-0.2, -0.15) is 8.42 Å². The standard InChI is InChI=1S/C31H39NO7S/c1-31(2,3)39-30(33)32-17-16-28(25-12-14-27(15-13-25)36-18-7-19-38-40(4,34)35)29(21-32)37-22-23-10-11-24-8-5-6-9-26(24)20-23/h5-6,8-15,20,28-29H,7,16-19,21-22H2,1-4H3. The summed E-state index contributed by atoms with van der Waals surface area (Å²) in [6, 6.07) is 22.4. The third-order valence-electron chi connectivity index (χ3n) is 6.65. The van der Waals surface area contributed by atoms with Gasteiger partial charge in [-0.15, -0.1) is 0 Å². The molecule has 3 aromatic carbocycles. The van der Waals surface area contributed by atoms with E-state index in [0.29, 0.717) is 38.5 Å². The first kappa shape index (κ1) is 29.8. The van der Waals surface area contributed by atoms with Gasteiger partial charge in [-0.05, 0) is 67.3 Å². The van der Waals surface area contributed by atoms with Crippen LogP contribution in [0.25, 0.3) is 10.8 Å². The first-order valence-electron chi connectivity index (χ1n) is 13.6. The summed E-state index contributed by atoms with van der Waals surface area (Å²) in [5.41, 5.74) is 1.62. The number of hydrogen-bond donors (Lipinski definition) is 0. The minimum atomic E-state index is -3.44. The number of fused-ring (bicyclic) bond motifs is 1. The van der Waals surface area contributed by atoms with Crippen molar-refractivity contribution in [2.24, 2.45) is 0 Å². The molecule has 9 heteroatoms. The zero-order chi connectivity index (χ0) is 28.8. The number of nitrogens with zero attached hydrogens (tertiary/aromatic N) is 1. The summed E-state index contributed by atoms with van der Waals surface area (Å²) in [7, 11) is -3.44. The lowest BCUT2D eigenvalue weighted by Crippen LogP contribution is -2.48. The van der Waals surface area contributed by atoms with Crippen LogP contribution in [0.15, 0.2) is 66.7 Å². The molecular formula is C31H39NO7S. The van der Waals surface area contributed by atoms with E-state index in [1.165, 1.54) is 5.39 Å². The third kappa shape index (κ3) is 8.94. The predicted molar refractivity (Wildman–Crippen MR) is 155 cm³/mol. The fraction of sp³-hybridized carbons (Fsp3) is 0.452. The lowest BCUT2D eigenvalue weighted by molar-refractivity contribution is -0.0359. The van der Waals surface area contributed by atoms with Gasteiger partial charge in [0.15, 0.2) is 0 Å². The lowest BCUT2D eigenvalue weighted by atomic mass is 9.87. The average molecular weight is 570 g/mol. The van der Waals surface area contributed by atoms with Crippen LogP contribution in [0.3, 0.4) is 0 Å². The Balaban J connectivity index is 1.42. The van der Waals surface area contributed by atoms with Crippen molar-refractivity contribution in [3.05, 3.63) is 77.9 Å². The minimum Gasteiger partial charge on any atom is -0.494 e. The zero-order valence-electron chi connectivity index (χ0n) is 23.7. The summed E-state index contributed by atoms with van der Waals surface area (Å²) in [6.45, 7) is 7.49. The Morgan fingerprint density at radius 1 is 0.975 bits per heavy atom. The van der Waals surface area contributed by atoms with Crippen LogP contribution in [-0.4, -0.2) is 63.7 Å². The van der Waals surface area contributed by atoms with Gasteiger partial charge in [0.2, 0.25) is 0 Å². The van der Waals surface area contributed by atoms with E-state index >= 15 is 0 Å². The molecule has 8 nitrogen and oxygen atoms in total. The Kier molecular flexibility index (Phi) is 9.71. The van der Waals surface area contributed by atoms with Crippen molar-refractivity contribution in [3.8, 4) is 5.75 Å². The number of amides is 1. The first-order valence-corrected chi connectivity index (χ1v) is 15.4. The van der Waals surface area contributed by atoms with E-state index in [-0.39, 0.29) is 24.7 Å². The van der Waals surface area contributed by atoms with E-state index in [0.717, 1.165) is 29.2 Å². The van der Waals surface area contributed by atoms with Crippen LogP contribution in [-0.2, 0) is 30.4 Å². The second-order valence-corrected chi connectivity index (χ2v) is 12.8.